The van der Waals surface area contributed by atoms with Gasteiger partial charge >= 0.3 is 0 Å². The molecule has 1 amide bonds. The number of carbonyl (C=O) groups is 1. The fourth-order valence-corrected chi connectivity index (χ4v) is 2.84. The summed E-state index contributed by atoms with van der Waals surface area (Å²) in [5.74, 6) is 0.742. The number of carbonyl (C=O) groups excluding carboxylic acids is 1. The lowest BCUT2D eigenvalue weighted by atomic mass is 9.90. The van der Waals surface area contributed by atoms with Gasteiger partial charge in [0.1, 0.15) is 0 Å². The van der Waals surface area contributed by atoms with Crippen LogP contribution in [0.3, 0.4) is 0 Å². The minimum absolute atomic E-state index is 0. The van der Waals surface area contributed by atoms with E-state index in [1.807, 2.05) is 29.2 Å². The van der Waals surface area contributed by atoms with Gasteiger partial charge in [-0.05, 0) is 43.7 Å². The van der Waals surface area contributed by atoms with Crippen LogP contribution in [0.2, 0.25) is 0 Å². The highest BCUT2D eigenvalue weighted by atomic mass is 35.5. The van der Waals surface area contributed by atoms with E-state index in [1.165, 1.54) is 0 Å². The number of aryl methyl sites for hydroxylation is 1. The molecule has 2 N–H and O–H groups in total. The molecule has 20 heavy (non-hydrogen) atoms. The summed E-state index contributed by atoms with van der Waals surface area (Å²) in [6.07, 6.45) is 2.95. The fourth-order valence-electron chi connectivity index (χ4n) is 2.84. The summed E-state index contributed by atoms with van der Waals surface area (Å²) in [6.45, 7) is 5.83. The van der Waals surface area contributed by atoms with E-state index in [9.17, 15) is 4.79 Å². The maximum atomic E-state index is 12.6. The number of piperidine rings is 1. The Kier molecular flexibility index (Phi) is 6.50. The van der Waals surface area contributed by atoms with E-state index in [-0.39, 0.29) is 24.4 Å². The second kappa shape index (κ2) is 7.65. The highest BCUT2D eigenvalue weighted by Crippen LogP contribution is 2.22. The second-order valence-electron chi connectivity index (χ2n) is 5.50. The second-order valence-corrected chi connectivity index (χ2v) is 5.50. The number of nitrogens with two attached hydrogens (primary N) is 1. The monoisotopic (exact) mass is 296 g/mol. The van der Waals surface area contributed by atoms with Crippen LogP contribution in [-0.4, -0.2) is 29.9 Å². The Bertz CT molecular complexity index is 440. The standard InChI is InChI=1S/C16H24N2O.ClH/c1-3-13-6-4-5-7-15(13)16(19)18-10-8-14(9-11-18)12(2)17;/h4-7,12,14H,3,8-11,17H2,1-2H3;1H. The van der Waals surface area contributed by atoms with Gasteiger partial charge in [-0.15, -0.1) is 12.4 Å². The van der Waals surface area contributed by atoms with Gasteiger partial charge in [0.25, 0.3) is 5.91 Å². The van der Waals surface area contributed by atoms with Crippen LogP contribution in [0.25, 0.3) is 0 Å². The quantitative estimate of drug-likeness (QED) is 0.932. The summed E-state index contributed by atoms with van der Waals surface area (Å²) < 4.78 is 0. The topological polar surface area (TPSA) is 46.3 Å². The number of hydrogen-bond acceptors (Lipinski definition) is 2. The Hall–Kier alpha value is -1.06. The lowest BCUT2D eigenvalue weighted by Crippen LogP contribution is -2.42. The number of benzene rings is 1. The van der Waals surface area contributed by atoms with E-state index in [4.69, 9.17) is 5.73 Å². The van der Waals surface area contributed by atoms with Gasteiger partial charge in [-0.2, -0.15) is 0 Å². The molecule has 1 aromatic carbocycles. The molecule has 0 spiro atoms. The average Bonchev–Trinajstić information content (AvgIpc) is 2.46. The molecule has 1 unspecified atom stereocenters. The highest BCUT2D eigenvalue weighted by molar-refractivity contribution is 5.95. The van der Waals surface area contributed by atoms with Crippen molar-refractivity contribution in [2.24, 2.45) is 11.7 Å². The summed E-state index contributed by atoms with van der Waals surface area (Å²) in [4.78, 5) is 14.5. The molecule has 1 atom stereocenters. The minimum Gasteiger partial charge on any atom is -0.339 e. The maximum Gasteiger partial charge on any atom is 0.254 e. The first-order chi connectivity index (χ1) is 9.13. The third-order valence-corrected chi connectivity index (χ3v) is 4.20. The van der Waals surface area contributed by atoms with Gasteiger partial charge in [-0.1, -0.05) is 25.1 Å². The van der Waals surface area contributed by atoms with E-state index < -0.39 is 0 Å². The van der Waals surface area contributed by atoms with E-state index >= 15 is 0 Å². The van der Waals surface area contributed by atoms with E-state index in [0.29, 0.717) is 5.92 Å². The van der Waals surface area contributed by atoms with Crippen molar-refractivity contribution in [3.05, 3.63) is 35.4 Å². The third kappa shape index (κ3) is 3.74. The molecule has 2 rings (SSSR count). The minimum atomic E-state index is 0. The van der Waals surface area contributed by atoms with Crippen molar-refractivity contribution < 1.29 is 4.79 Å². The Morgan fingerprint density at radius 3 is 2.50 bits per heavy atom. The summed E-state index contributed by atoms with van der Waals surface area (Å²) in [7, 11) is 0. The zero-order valence-electron chi connectivity index (χ0n) is 12.3. The van der Waals surface area contributed by atoms with Crippen molar-refractivity contribution in [3.8, 4) is 0 Å². The Morgan fingerprint density at radius 1 is 1.35 bits per heavy atom. The lowest BCUT2D eigenvalue weighted by Gasteiger charge is -2.34. The van der Waals surface area contributed by atoms with Gasteiger partial charge in [0.15, 0.2) is 0 Å². The van der Waals surface area contributed by atoms with Crippen LogP contribution >= 0.6 is 12.4 Å². The first-order valence-electron chi connectivity index (χ1n) is 7.26. The predicted molar refractivity (Wildman–Crippen MR) is 85.3 cm³/mol. The van der Waals surface area contributed by atoms with Crippen molar-refractivity contribution in [1.29, 1.82) is 0 Å². The average molecular weight is 297 g/mol. The Labute approximate surface area is 127 Å². The van der Waals surface area contributed by atoms with Crippen molar-refractivity contribution in [1.82, 2.24) is 4.90 Å². The number of likely N-dealkylation sites (tertiary alicyclic amines) is 1. The summed E-state index contributed by atoms with van der Waals surface area (Å²) in [5, 5.41) is 0. The summed E-state index contributed by atoms with van der Waals surface area (Å²) in [5.41, 5.74) is 7.95. The normalized spacial score (nSPS) is 17.4. The molecule has 1 heterocycles. The fraction of sp³-hybridized carbons (Fsp3) is 0.562. The number of amides is 1. The lowest BCUT2D eigenvalue weighted by molar-refractivity contribution is 0.0680. The molecule has 1 fully saturated rings. The Morgan fingerprint density at radius 2 is 1.95 bits per heavy atom. The van der Waals surface area contributed by atoms with Crippen molar-refractivity contribution in [2.75, 3.05) is 13.1 Å². The number of halogens is 1. The van der Waals surface area contributed by atoms with Crippen LogP contribution in [0, 0.1) is 5.92 Å². The maximum absolute atomic E-state index is 12.6. The molecule has 1 saturated heterocycles. The van der Waals surface area contributed by atoms with Gasteiger partial charge in [0, 0.05) is 24.7 Å². The molecule has 0 saturated carbocycles. The van der Waals surface area contributed by atoms with E-state index in [2.05, 4.69) is 13.8 Å². The SMILES string of the molecule is CCc1ccccc1C(=O)N1CCC(C(C)N)CC1.Cl. The molecule has 4 heteroatoms. The molecule has 0 aromatic heterocycles. The highest BCUT2D eigenvalue weighted by Gasteiger charge is 2.26. The van der Waals surface area contributed by atoms with Gasteiger partial charge in [0.2, 0.25) is 0 Å². The summed E-state index contributed by atoms with van der Waals surface area (Å²) >= 11 is 0. The van der Waals surface area contributed by atoms with Crippen LogP contribution in [0.15, 0.2) is 24.3 Å². The zero-order valence-corrected chi connectivity index (χ0v) is 13.2. The van der Waals surface area contributed by atoms with Crippen molar-refractivity contribution >= 4 is 18.3 Å². The molecule has 1 aliphatic heterocycles. The van der Waals surface area contributed by atoms with Crippen LogP contribution in [0.1, 0.15) is 42.6 Å². The van der Waals surface area contributed by atoms with Gasteiger partial charge in [-0.25, -0.2) is 0 Å². The van der Waals surface area contributed by atoms with Gasteiger partial charge < -0.3 is 10.6 Å². The molecule has 112 valence electrons. The van der Waals surface area contributed by atoms with Crippen LogP contribution in [-0.2, 0) is 6.42 Å². The number of nitrogens with zero attached hydrogens (tertiary/aromatic N) is 1. The van der Waals surface area contributed by atoms with Gasteiger partial charge in [0.05, 0.1) is 0 Å². The first kappa shape index (κ1) is 17.0. The largest absolute Gasteiger partial charge is 0.339 e. The Balaban J connectivity index is 0.00000200. The van der Waals surface area contributed by atoms with Crippen molar-refractivity contribution in [2.45, 2.75) is 39.2 Å². The predicted octanol–water partition coefficient (Wildman–Crippen LogP) is 2.87. The summed E-state index contributed by atoms with van der Waals surface area (Å²) in [6, 6.07) is 8.17. The van der Waals surface area contributed by atoms with E-state index in [0.717, 1.165) is 43.5 Å². The molecule has 1 aliphatic rings. The number of hydrogen-bond donors (Lipinski definition) is 1. The molecular formula is C16H25ClN2O. The zero-order chi connectivity index (χ0) is 13.8. The smallest absolute Gasteiger partial charge is 0.254 e. The number of rotatable bonds is 3. The van der Waals surface area contributed by atoms with Crippen LogP contribution in [0.4, 0.5) is 0 Å². The molecule has 0 radical (unpaired) electrons. The van der Waals surface area contributed by atoms with Crippen molar-refractivity contribution in [3.63, 3.8) is 0 Å². The third-order valence-electron chi connectivity index (χ3n) is 4.20. The van der Waals surface area contributed by atoms with Gasteiger partial charge in [-0.3, -0.25) is 4.79 Å². The van der Waals surface area contributed by atoms with Crippen LogP contribution < -0.4 is 5.73 Å². The van der Waals surface area contributed by atoms with Crippen LogP contribution in [0.5, 0.6) is 0 Å². The van der Waals surface area contributed by atoms with E-state index in [1.54, 1.807) is 0 Å². The molecular weight excluding hydrogens is 272 g/mol. The molecule has 1 aromatic rings. The molecule has 3 nitrogen and oxygen atoms in total. The molecule has 0 bridgehead atoms. The molecule has 0 aliphatic carbocycles. The first-order valence-corrected chi connectivity index (χ1v) is 7.26.